The van der Waals surface area contributed by atoms with Crippen LogP contribution in [0.5, 0.6) is 0 Å². The lowest BCUT2D eigenvalue weighted by atomic mass is 10.2. The van der Waals surface area contributed by atoms with Gasteiger partial charge in [0.05, 0.1) is 18.5 Å². The maximum atomic E-state index is 11.8. The third-order valence-corrected chi connectivity index (χ3v) is 3.62. The highest BCUT2D eigenvalue weighted by Gasteiger charge is 2.27. The lowest BCUT2D eigenvalue weighted by molar-refractivity contribution is -0.131. The third-order valence-electron chi connectivity index (χ3n) is 2.26. The summed E-state index contributed by atoms with van der Waals surface area (Å²) in [5.41, 5.74) is 0. The van der Waals surface area contributed by atoms with E-state index in [9.17, 15) is 4.79 Å². The monoisotopic (exact) mass is 219 g/mol. The molecule has 1 fully saturated rings. The minimum atomic E-state index is -0.0386. The van der Waals surface area contributed by atoms with E-state index in [0.717, 1.165) is 18.6 Å². The molecular formula is C9H17NO3S. The summed E-state index contributed by atoms with van der Waals surface area (Å²) in [6.07, 6.45) is 2.02. The smallest absolute Gasteiger partial charge is 0.235 e. The Balaban J connectivity index is 2.43. The Morgan fingerprint density at radius 2 is 2.00 bits per heavy atom. The molecule has 1 unspecified atom stereocenters. The van der Waals surface area contributed by atoms with Gasteiger partial charge in [-0.1, -0.05) is 0 Å². The number of hydrogen-bond acceptors (Lipinski definition) is 4. The maximum absolute atomic E-state index is 11.8. The van der Waals surface area contributed by atoms with Gasteiger partial charge in [0.1, 0.15) is 0 Å². The van der Waals surface area contributed by atoms with Crippen molar-refractivity contribution in [2.45, 2.75) is 18.1 Å². The van der Waals surface area contributed by atoms with Gasteiger partial charge >= 0.3 is 0 Å². The summed E-state index contributed by atoms with van der Waals surface area (Å²) in [5, 5.41) is 17.6. The van der Waals surface area contributed by atoms with E-state index < -0.39 is 0 Å². The molecule has 1 heterocycles. The van der Waals surface area contributed by atoms with E-state index in [-0.39, 0.29) is 24.4 Å². The van der Waals surface area contributed by atoms with Crippen LogP contribution in [0.25, 0.3) is 0 Å². The normalized spacial score (nSPS) is 21.1. The van der Waals surface area contributed by atoms with Crippen LogP contribution in [0.3, 0.4) is 0 Å². The number of thioether (sulfide) groups is 1. The van der Waals surface area contributed by atoms with Crippen LogP contribution in [0.1, 0.15) is 12.8 Å². The molecule has 0 aromatic rings. The SMILES string of the molecule is O=C(C1CCCS1)N(CCO)CCO. The largest absolute Gasteiger partial charge is 0.395 e. The number of aliphatic hydroxyl groups is 2. The van der Waals surface area contributed by atoms with Crippen LogP contribution < -0.4 is 0 Å². The number of carbonyl (C=O) groups excluding carboxylic acids is 1. The van der Waals surface area contributed by atoms with Crippen molar-refractivity contribution in [2.75, 3.05) is 32.1 Å². The van der Waals surface area contributed by atoms with Crippen molar-refractivity contribution >= 4 is 17.7 Å². The van der Waals surface area contributed by atoms with E-state index in [1.54, 1.807) is 16.7 Å². The van der Waals surface area contributed by atoms with Crippen LogP contribution in [0.4, 0.5) is 0 Å². The predicted molar refractivity (Wildman–Crippen MR) is 56.2 cm³/mol. The van der Waals surface area contributed by atoms with Crippen LogP contribution in [0.15, 0.2) is 0 Å². The molecule has 0 bridgehead atoms. The molecule has 0 saturated carbocycles. The van der Waals surface area contributed by atoms with Gasteiger partial charge in [-0.25, -0.2) is 0 Å². The zero-order valence-corrected chi connectivity index (χ0v) is 9.00. The molecule has 2 N–H and O–H groups in total. The molecule has 4 nitrogen and oxygen atoms in total. The van der Waals surface area contributed by atoms with Crippen LogP contribution in [-0.4, -0.2) is 58.3 Å². The average Bonchev–Trinajstić information content (AvgIpc) is 2.69. The molecule has 0 aromatic carbocycles. The number of rotatable bonds is 5. The first-order valence-electron chi connectivity index (χ1n) is 4.91. The summed E-state index contributed by atoms with van der Waals surface area (Å²) < 4.78 is 0. The molecule has 1 aliphatic heterocycles. The lowest BCUT2D eigenvalue weighted by Crippen LogP contribution is -2.40. The first-order chi connectivity index (χ1) is 6.79. The molecule has 1 rings (SSSR count). The van der Waals surface area contributed by atoms with Crippen molar-refractivity contribution in [3.8, 4) is 0 Å². The van der Waals surface area contributed by atoms with Gasteiger partial charge < -0.3 is 15.1 Å². The molecule has 0 spiro atoms. The highest BCUT2D eigenvalue weighted by atomic mass is 32.2. The minimum absolute atomic E-state index is 0.0386. The Kier molecular flexibility index (Phi) is 5.29. The van der Waals surface area contributed by atoms with Crippen LogP contribution >= 0.6 is 11.8 Å². The Morgan fingerprint density at radius 1 is 1.36 bits per heavy atom. The summed E-state index contributed by atoms with van der Waals surface area (Å²) in [5.74, 6) is 1.11. The molecular weight excluding hydrogens is 202 g/mol. The molecule has 0 aromatic heterocycles. The van der Waals surface area contributed by atoms with Gasteiger partial charge in [0, 0.05) is 13.1 Å². The molecule has 1 saturated heterocycles. The molecule has 1 amide bonds. The second-order valence-corrected chi connectivity index (χ2v) is 4.58. The molecule has 14 heavy (non-hydrogen) atoms. The van der Waals surface area contributed by atoms with Crippen molar-refractivity contribution in [3.63, 3.8) is 0 Å². The van der Waals surface area contributed by atoms with Crippen molar-refractivity contribution < 1.29 is 15.0 Å². The molecule has 82 valence electrons. The molecule has 0 aliphatic carbocycles. The number of carbonyl (C=O) groups is 1. The third kappa shape index (κ3) is 3.15. The van der Waals surface area contributed by atoms with Gasteiger partial charge in [-0.3, -0.25) is 4.79 Å². The highest BCUT2D eigenvalue weighted by Crippen LogP contribution is 2.27. The van der Waals surface area contributed by atoms with Crippen LogP contribution in [0.2, 0.25) is 0 Å². The number of aliphatic hydroxyl groups excluding tert-OH is 2. The maximum Gasteiger partial charge on any atom is 0.235 e. The van der Waals surface area contributed by atoms with Crippen LogP contribution in [0, 0.1) is 0 Å². The second kappa shape index (κ2) is 6.27. The van der Waals surface area contributed by atoms with E-state index in [1.807, 2.05) is 0 Å². The number of nitrogens with zero attached hydrogens (tertiary/aromatic N) is 1. The van der Waals surface area contributed by atoms with E-state index in [2.05, 4.69) is 0 Å². The summed E-state index contributed by atoms with van der Waals surface area (Å²) in [6.45, 7) is 0.582. The molecule has 1 aliphatic rings. The standard InChI is InChI=1S/C9H17NO3S/c11-5-3-10(4-6-12)9(13)8-2-1-7-14-8/h8,11-12H,1-7H2. The van der Waals surface area contributed by atoms with Crippen molar-refractivity contribution in [3.05, 3.63) is 0 Å². The zero-order valence-electron chi connectivity index (χ0n) is 8.19. The van der Waals surface area contributed by atoms with Crippen molar-refractivity contribution in [1.82, 2.24) is 4.90 Å². The van der Waals surface area contributed by atoms with Gasteiger partial charge in [-0.15, -0.1) is 11.8 Å². The Hall–Kier alpha value is -0.260. The Labute approximate surface area is 88.3 Å². The summed E-state index contributed by atoms with van der Waals surface area (Å²) in [7, 11) is 0. The fraction of sp³-hybridized carbons (Fsp3) is 0.889. The van der Waals surface area contributed by atoms with E-state index in [4.69, 9.17) is 10.2 Å². The van der Waals surface area contributed by atoms with Crippen molar-refractivity contribution in [1.29, 1.82) is 0 Å². The fourth-order valence-corrected chi connectivity index (χ4v) is 2.79. The fourth-order valence-electron chi connectivity index (χ4n) is 1.55. The van der Waals surface area contributed by atoms with Gasteiger partial charge in [0.15, 0.2) is 0 Å². The lowest BCUT2D eigenvalue weighted by Gasteiger charge is -2.23. The van der Waals surface area contributed by atoms with Gasteiger partial charge in [-0.05, 0) is 18.6 Å². The van der Waals surface area contributed by atoms with Gasteiger partial charge in [-0.2, -0.15) is 0 Å². The zero-order chi connectivity index (χ0) is 10.4. The second-order valence-electron chi connectivity index (χ2n) is 3.27. The summed E-state index contributed by atoms with van der Waals surface area (Å²) >= 11 is 1.68. The van der Waals surface area contributed by atoms with E-state index in [0.29, 0.717) is 13.1 Å². The van der Waals surface area contributed by atoms with Crippen molar-refractivity contribution in [2.24, 2.45) is 0 Å². The molecule has 0 radical (unpaired) electrons. The number of amides is 1. The number of hydrogen-bond donors (Lipinski definition) is 2. The topological polar surface area (TPSA) is 60.8 Å². The average molecular weight is 219 g/mol. The van der Waals surface area contributed by atoms with Crippen LogP contribution in [-0.2, 0) is 4.79 Å². The van der Waals surface area contributed by atoms with Gasteiger partial charge in [0.25, 0.3) is 0 Å². The molecule has 1 atom stereocenters. The Morgan fingerprint density at radius 3 is 2.43 bits per heavy atom. The first-order valence-corrected chi connectivity index (χ1v) is 5.96. The first kappa shape index (κ1) is 11.8. The summed E-state index contributed by atoms with van der Waals surface area (Å²) in [4.78, 5) is 13.4. The van der Waals surface area contributed by atoms with Gasteiger partial charge in [0.2, 0.25) is 5.91 Å². The minimum Gasteiger partial charge on any atom is -0.395 e. The highest BCUT2D eigenvalue weighted by molar-refractivity contribution is 8.00. The Bertz CT molecular complexity index is 177. The quantitative estimate of drug-likeness (QED) is 0.666. The summed E-state index contributed by atoms with van der Waals surface area (Å²) in [6, 6.07) is 0. The molecule has 5 heteroatoms. The van der Waals surface area contributed by atoms with E-state index >= 15 is 0 Å². The van der Waals surface area contributed by atoms with E-state index in [1.165, 1.54) is 0 Å². The predicted octanol–water partition coefficient (Wildman–Crippen LogP) is -0.305.